The van der Waals surface area contributed by atoms with Crippen molar-refractivity contribution in [3.8, 4) is 0 Å². The van der Waals surface area contributed by atoms with Crippen LogP contribution < -0.4 is 10.9 Å². The van der Waals surface area contributed by atoms with Gasteiger partial charge in [-0.25, -0.2) is 0 Å². The number of hydrogen-bond donors (Lipinski definition) is 2. The summed E-state index contributed by atoms with van der Waals surface area (Å²) in [5.74, 6) is -0.307. The van der Waals surface area contributed by atoms with Crippen molar-refractivity contribution < 1.29 is 4.79 Å². The summed E-state index contributed by atoms with van der Waals surface area (Å²) < 4.78 is 0.822. The molecule has 2 aromatic rings. The van der Waals surface area contributed by atoms with Crippen molar-refractivity contribution in [2.45, 2.75) is 13.8 Å². The molecule has 0 bridgehead atoms. The summed E-state index contributed by atoms with van der Waals surface area (Å²) in [7, 11) is 0. The first-order valence-corrected chi connectivity index (χ1v) is 6.53. The number of pyridine rings is 1. The van der Waals surface area contributed by atoms with Crippen molar-refractivity contribution in [1.29, 1.82) is 0 Å². The Morgan fingerprint density at radius 2 is 2.00 bits per heavy atom. The van der Waals surface area contributed by atoms with Crippen LogP contribution in [0.3, 0.4) is 0 Å². The minimum absolute atomic E-state index is 0.299. The van der Waals surface area contributed by atoms with E-state index in [-0.39, 0.29) is 11.5 Å². The van der Waals surface area contributed by atoms with Gasteiger partial charge in [0.05, 0.1) is 5.69 Å². The van der Waals surface area contributed by atoms with E-state index in [1.165, 1.54) is 12.3 Å². The monoisotopic (exact) mass is 320 g/mol. The number of carbonyl (C=O) groups excluding carboxylic acids is 1. The molecule has 0 fully saturated rings. The molecule has 0 saturated heterocycles. The Kier molecular flexibility index (Phi) is 3.85. The van der Waals surface area contributed by atoms with Crippen LogP contribution in [0.2, 0.25) is 0 Å². The molecule has 0 aliphatic heterocycles. The van der Waals surface area contributed by atoms with E-state index in [9.17, 15) is 9.59 Å². The third-order valence-corrected chi connectivity index (χ3v) is 3.33. The molecule has 0 atom stereocenters. The Morgan fingerprint density at radius 3 is 2.63 bits per heavy atom. The zero-order valence-corrected chi connectivity index (χ0v) is 12.2. The van der Waals surface area contributed by atoms with E-state index >= 15 is 0 Å². The third-order valence-electron chi connectivity index (χ3n) is 2.71. The van der Waals surface area contributed by atoms with Crippen LogP contribution in [0.15, 0.2) is 39.7 Å². The lowest BCUT2D eigenvalue weighted by Crippen LogP contribution is -2.16. The van der Waals surface area contributed by atoms with Crippen molar-refractivity contribution >= 4 is 27.5 Å². The van der Waals surface area contributed by atoms with Gasteiger partial charge < -0.3 is 10.3 Å². The van der Waals surface area contributed by atoms with Crippen LogP contribution in [0.25, 0.3) is 0 Å². The highest BCUT2D eigenvalue weighted by molar-refractivity contribution is 9.10. The first-order valence-electron chi connectivity index (χ1n) is 5.74. The molecule has 0 spiro atoms. The second kappa shape index (κ2) is 5.40. The predicted octanol–water partition coefficient (Wildman–Crippen LogP) is 3.01. The number of aromatic amines is 1. The van der Waals surface area contributed by atoms with Gasteiger partial charge in [-0.3, -0.25) is 9.59 Å². The van der Waals surface area contributed by atoms with Gasteiger partial charge in [0.1, 0.15) is 0 Å². The van der Waals surface area contributed by atoms with Crippen LogP contribution in [0.1, 0.15) is 21.5 Å². The van der Waals surface area contributed by atoms with Crippen LogP contribution in [-0.4, -0.2) is 10.9 Å². The van der Waals surface area contributed by atoms with Gasteiger partial charge in [0.15, 0.2) is 0 Å². The molecule has 1 heterocycles. The van der Waals surface area contributed by atoms with E-state index in [2.05, 4.69) is 26.2 Å². The largest absolute Gasteiger partial charge is 0.329 e. The first-order chi connectivity index (χ1) is 8.97. The molecule has 2 N–H and O–H groups in total. The summed E-state index contributed by atoms with van der Waals surface area (Å²) in [4.78, 5) is 25.7. The summed E-state index contributed by atoms with van der Waals surface area (Å²) in [5, 5.41) is 2.81. The van der Waals surface area contributed by atoms with Gasteiger partial charge in [-0.15, -0.1) is 0 Å². The number of nitrogens with one attached hydrogen (secondary N) is 2. The number of anilines is 1. The smallest absolute Gasteiger partial charge is 0.255 e. The van der Waals surface area contributed by atoms with E-state index in [0.717, 1.165) is 21.3 Å². The highest BCUT2D eigenvalue weighted by Gasteiger charge is 2.11. The second-order valence-corrected chi connectivity index (χ2v) is 5.19. The highest BCUT2D eigenvalue weighted by Crippen LogP contribution is 2.28. The molecule has 0 aliphatic carbocycles. The van der Waals surface area contributed by atoms with Gasteiger partial charge in [0, 0.05) is 22.3 Å². The van der Waals surface area contributed by atoms with Crippen LogP contribution in [-0.2, 0) is 0 Å². The standard InChI is InChI=1S/C14H13BrN2O2/c1-8-5-9(2)13(11(15)6-8)17-14(19)10-3-4-16-12(18)7-10/h3-7H,1-2H3,(H,16,18)(H,17,19). The van der Waals surface area contributed by atoms with Crippen LogP contribution in [0.4, 0.5) is 5.69 Å². The van der Waals surface area contributed by atoms with Crippen molar-refractivity contribution in [2.75, 3.05) is 5.32 Å². The fraction of sp³-hybridized carbons (Fsp3) is 0.143. The SMILES string of the molecule is Cc1cc(C)c(NC(=O)c2cc[nH]c(=O)c2)c(Br)c1. The topological polar surface area (TPSA) is 62.0 Å². The van der Waals surface area contributed by atoms with Crippen LogP contribution >= 0.6 is 15.9 Å². The molecule has 1 aromatic carbocycles. The number of carbonyl (C=O) groups is 1. The Bertz CT molecular complexity index is 669. The fourth-order valence-corrected chi connectivity index (χ4v) is 2.62. The van der Waals surface area contributed by atoms with Crippen LogP contribution in [0.5, 0.6) is 0 Å². The maximum Gasteiger partial charge on any atom is 0.255 e. The summed E-state index contributed by atoms with van der Waals surface area (Å²) in [5.41, 5.74) is 2.82. The predicted molar refractivity (Wildman–Crippen MR) is 78.6 cm³/mol. The van der Waals surface area contributed by atoms with Crippen molar-refractivity contribution in [2.24, 2.45) is 0 Å². The fourth-order valence-electron chi connectivity index (χ4n) is 1.85. The second-order valence-electron chi connectivity index (χ2n) is 4.33. The van der Waals surface area contributed by atoms with E-state index in [0.29, 0.717) is 5.56 Å². The Balaban J connectivity index is 2.32. The van der Waals surface area contributed by atoms with Crippen molar-refractivity contribution in [3.63, 3.8) is 0 Å². The van der Waals surface area contributed by atoms with Gasteiger partial charge in [-0.2, -0.15) is 0 Å². The summed E-state index contributed by atoms with van der Waals surface area (Å²) >= 11 is 3.43. The van der Waals surface area contributed by atoms with Crippen LogP contribution in [0, 0.1) is 13.8 Å². The minimum Gasteiger partial charge on any atom is -0.329 e. The normalized spacial score (nSPS) is 10.3. The zero-order chi connectivity index (χ0) is 14.0. The number of aryl methyl sites for hydroxylation is 2. The molecule has 0 unspecified atom stereocenters. The molecule has 4 nitrogen and oxygen atoms in total. The lowest BCUT2D eigenvalue weighted by Gasteiger charge is -2.11. The quantitative estimate of drug-likeness (QED) is 0.893. The molecule has 0 aliphatic rings. The van der Waals surface area contributed by atoms with Gasteiger partial charge in [0.25, 0.3) is 5.91 Å². The maximum absolute atomic E-state index is 12.1. The van der Waals surface area contributed by atoms with Crippen molar-refractivity contribution in [1.82, 2.24) is 4.98 Å². The molecule has 2 rings (SSSR count). The molecule has 98 valence electrons. The first kappa shape index (κ1) is 13.5. The van der Waals surface area contributed by atoms with Gasteiger partial charge in [-0.05, 0) is 53.0 Å². The van der Waals surface area contributed by atoms with E-state index in [4.69, 9.17) is 0 Å². The van der Waals surface area contributed by atoms with E-state index in [1.807, 2.05) is 26.0 Å². The lowest BCUT2D eigenvalue weighted by molar-refractivity contribution is 0.102. The highest BCUT2D eigenvalue weighted by atomic mass is 79.9. The molecule has 0 radical (unpaired) electrons. The molecular weight excluding hydrogens is 308 g/mol. The number of H-pyrrole nitrogens is 1. The van der Waals surface area contributed by atoms with Gasteiger partial charge in [0.2, 0.25) is 5.56 Å². The Labute approximate surface area is 119 Å². The van der Waals surface area contributed by atoms with Crippen molar-refractivity contribution in [3.05, 3.63) is 62.0 Å². The number of benzene rings is 1. The Morgan fingerprint density at radius 1 is 1.26 bits per heavy atom. The number of rotatable bonds is 2. The molecule has 1 amide bonds. The average molecular weight is 321 g/mol. The van der Waals surface area contributed by atoms with E-state index < -0.39 is 0 Å². The van der Waals surface area contributed by atoms with Gasteiger partial charge >= 0.3 is 0 Å². The molecule has 1 aromatic heterocycles. The molecule has 19 heavy (non-hydrogen) atoms. The summed E-state index contributed by atoms with van der Waals surface area (Å²) in [6.45, 7) is 3.91. The summed E-state index contributed by atoms with van der Waals surface area (Å²) in [6.07, 6.45) is 1.45. The lowest BCUT2D eigenvalue weighted by atomic mass is 10.1. The molecule has 5 heteroatoms. The average Bonchev–Trinajstić information content (AvgIpc) is 2.33. The number of halogens is 1. The third kappa shape index (κ3) is 3.12. The summed E-state index contributed by atoms with van der Waals surface area (Å²) in [6, 6.07) is 6.75. The number of aromatic nitrogens is 1. The molecular formula is C14H13BrN2O2. The number of amides is 1. The maximum atomic E-state index is 12.1. The molecule has 0 saturated carbocycles. The van der Waals surface area contributed by atoms with Gasteiger partial charge in [-0.1, -0.05) is 6.07 Å². The minimum atomic E-state index is -0.307. The number of hydrogen-bond acceptors (Lipinski definition) is 2. The zero-order valence-electron chi connectivity index (χ0n) is 10.6. The Hall–Kier alpha value is -1.88. The van der Waals surface area contributed by atoms with E-state index in [1.54, 1.807) is 6.07 Å².